The second kappa shape index (κ2) is 10.4. The van der Waals surface area contributed by atoms with Gasteiger partial charge in [0.25, 0.3) is 0 Å². The van der Waals surface area contributed by atoms with Crippen LogP contribution in [0.2, 0.25) is 0 Å². The number of fused-ring (bicyclic) bond motifs is 1. The third kappa shape index (κ3) is 5.75. The molecule has 0 aromatic heterocycles. The Hall–Kier alpha value is -2.85. The standard InChI is InChI=1S/C23H26FNO7S/c24-18-2-4-19(5-3-18)29-14-15-32-23(26)17-8-10-25(11-9-17)33(27,28)20-6-7-21-22(16-20)31-13-1-12-30-21/h2-7,16-17H,1,8-15H2. The highest BCUT2D eigenvalue weighted by Gasteiger charge is 2.33. The van der Waals surface area contributed by atoms with Crippen LogP contribution in [0.3, 0.4) is 0 Å². The van der Waals surface area contributed by atoms with E-state index >= 15 is 0 Å². The Kier molecular flexibility index (Phi) is 7.34. The monoisotopic (exact) mass is 479 g/mol. The Morgan fingerprint density at radius 3 is 2.42 bits per heavy atom. The Balaban J connectivity index is 1.26. The van der Waals surface area contributed by atoms with Gasteiger partial charge in [0, 0.05) is 25.6 Å². The minimum atomic E-state index is -3.71. The minimum Gasteiger partial charge on any atom is -0.490 e. The number of carbonyl (C=O) groups excluding carboxylic acids is 1. The normalized spacial score (nSPS) is 17.2. The smallest absolute Gasteiger partial charge is 0.309 e. The molecule has 4 rings (SSSR count). The summed E-state index contributed by atoms with van der Waals surface area (Å²) in [4.78, 5) is 12.5. The largest absolute Gasteiger partial charge is 0.490 e. The maximum Gasteiger partial charge on any atom is 0.309 e. The number of piperidine rings is 1. The lowest BCUT2D eigenvalue weighted by Crippen LogP contribution is -2.40. The second-order valence-electron chi connectivity index (χ2n) is 7.81. The molecule has 0 saturated carbocycles. The summed E-state index contributed by atoms with van der Waals surface area (Å²) in [5.74, 6) is 0.356. The SMILES string of the molecule is O=C(OCCOc1ccc(F)cc1)C1CCN(S(=O)(=O)c2ccc3c(c2)OCCCO3)CC1. The quantitative estimate of drug-likeness (QED) is 0.445. The molecule has 0 unspecified atom stereocenters. The van der Waals surface area contributed by atoms with Crippen LogP contribution in [0.4, 0.5) is 4.39 Å². The van der Waals surface area contributed by atoms with E-state index in [1.54, 1.807) is 6.07 Å². The number of halogens is 1. The van der Waals surface area contributed by atoms with Crippen LogP contribution in [0.1, 0.15) is 19.3 Å². The number of hydrogen-bond acceptors (Lipinski definition) is 7. The molecule has 178 valence electrons. The zero-order valence-corrected chi connectivity index (χ0v) is 18.9. The number of benzene rings is 2. The van der Waals surface area contributed by atoms with Crippen LogP contribution in [-0.4, -0.2) is 58.2 Å². The molecule has 0 atom stereocenters. The van der Waals surface area contributed by atoms with E-state index in [1.165, 1.54) is 40.7 Å². The van der Waals surface area contributed by atoms with E-state index in [9.17, 15) is 17.6 Å². The van der Waals surface area contributed by atoms with Gasteiger partial charge in [-0.25, -0.2) is 12.8 Å². The highest BCUT2D eigenvalue weighted by molar-refractivity contribution is 7.89. The maximum atomic E-state index is 13.1. The van der Waals surface area contributed by atoms with Crippen LogP contribution >= 0.6 is 0 Å². The van der Waals surface area contributed by atoms with Crippen molar-refractivity contribution in [2.45, 2.75) is 24.2 Å². The zero-order valence-electron chi connectivity index (χ0n) is 18.1. The third-order valence-electron chi connectivity index (χ3n) is 5.55. The van der Waals surface area contributed by atoms with Crippen LogP contribution in [0.5, 0.6) is 17.2 Å². The van der Waals surface area contributed by atoms with E-state index in [-0.39, 0.29) is 48.9 Å². The molecule has 2 aromatic carbocycles. The summed E-state index contributed by atoms with van der Waals surface area (Å²) in [6, 6.07) is 10.2. The Morgan fingerprint density at radius 2 is 1.70 bits per heavy atom. The zero-order chi connectivity index (χ0) is 23.3. The van der Waals surface area contributed by atoms with Gasteiger partial charge in [-0.05, 0) is 49.2 Å². The number of nitrogens with zero attached hydrogens (tertiary/aromatic N) is 1. The predicted octanol–water partition coefficient (Wildman–Crippen LogP) is 3.01. The van der Waals surface area contributed by atoms with Crippen LogP contribution < -0.4 is 14.2 Å². The first-order chi connectivity index (χ1) is 15.9. The molecule has 8 nitrogen and oxygen atoms in total. The summed E-state index contributed by atoms with van der Waals surface area (Å²) < 4.78 is 62.3. The fourth-order valence-corrected chi connectivity index (χ4v) is 5.22. The topological polar surface area (TPSA) is 91.4 Å². The van der Waals surface area contributed by atoms with E-state index in [4.69, 9.17) is 18.9 Å². The molecule has 2 aromatic rings. The van der Waals surface area contributed by atoms with Crippen LogP contribution in [0.25, 0.3) is 0 Å². The summed E-state index contributed by atoms with van der Waals surface area (Å²) >= 11 is 0. The molecule has 0 bridgehead atoms. The number of carbonyl (C=O) groups is 1. The van der Waals surface area contributed by atoms with Crippen LogP contribution in [0, 0.1) is 11.7 Å². The molecule has 33 heavy (non-hydrogen) atoms. The molecule has 1 fully saturated rings. The molecular formula is C23H26FNO7S. The Labute approximate surface area is 192 Å². The lowest BCUT2D eigenvalue weighted by molar-refractivity contribution is -0.150. The molecular weight excluding hydrogens is 453 g/mol. The van der Waals surface area contributed by atoms with Gasteiger partial charge in [0.05, 0.1) is 24.0 Å². The lowest BCUT2D eigenvalue weighted by atomic mass is 9.98. The number of esters is 1. The Morgan fingerprint density at radius 1 is 1.00 bits per heavy atom. The van der Waals surface area contributed by atoms with Crippen molar-refractivity contribution in [3.8, 4) is 17.2 Å². The third-order valence-corrected chi connectivity index (χ3v) is 7.45. The van der Waals surface area contributed by atoms with Crippen molar-refractivity contribution in [3.05, 3.63) is 48.3 Å². The summed E-state index contributed by atoms with van der Waals surface area (Å²) in [5.41, 5.74) is 0. The van der Waals surface area contributed by atoms with Crippen molar-refractivity contribution in [1.82, 2.24) is 4.31 Å². The highest BCUT2D eigenvalue weighted by atomic mass is 32.2. The molecule has 0 amide bonds. The molecule has 10 heteroatoms. The van der Waals surface area contributed by atoms with E-state index < -0.39 is 10.0 Å². The van der Waals surface area contributed by atoms with Crippen molar-refractivity contribution in [2.75, 3.05) is 39.5 Å². The van der Waals surface area contributed by atoms with Crippen molar-refractivity contribution in [2.24, 2.45) is 5.92 Å². The average molecular weight is 480 g/mol. The minimum absolute atomic E-state index is 0.0614. The number of hydrogen-bond donors (Lipinski definition) is 0. The number of sulfonamides is 1. The van der Waals surface area contributed by atoms with E-state index in [1.807, 2.05) is 0 Å². The van der Waals surface area contributed by atoms with Crippen molar-refractivity contribution in [3.63, 3.8) is 0 Å². The molecule has 2 heterocycles. The summed E-state index contributed by atoms with van der Waals surface area (Å²) in [6.07, 6.45) is 1.49. The fraction of sp³-hybridized carbons (Fsp3) is 0.435. The Bertz CT molecular complexity index is 1070. The summed E-state index contributed by atoms with van der Waals surface area (Å²) in [5, 5.41) is 0. The molecule has 0 aliphatic carbocycles. The average Bonchev–Trinajstić information content (AvgIpc) is 3.08. The van der Waals surface area contributed by atoms with Crippen LogP contribution in [0.15, 0.2) is 47.4 Å². The van der Waals surface area contributed by atoms with Crippen molar-refractivity contribution < 1.29 is 36.6 Å². The fourth-order valence-electron chi connectivity index (χ4n) is 3.74. The molecule has 0 N–H and O–H groups in total. The van der Waals surface area contributed by atoms with Gasteiger partial charge in [0.15, 0.2) is 11.5 Å². The lowest BCUT2D eigenvalue weighted by Gasteiger charge is -2.30. The first-order valence-corrected chi connectivity index (χ1v) is 12.3. The first kappa shape index (κ1) is 23.3. The summed E-state index contributed by atoms with van der Waals surface area (Å²) in [7, 11) is -3.71. The van der Waals surface area contributed by atoms with Gasteiger partial charge in [-0.15, -0.1) is 0 Å². The van der Waals surface area contributed by atoms with Crippen molar-refractivity contribution >= 4 is 16.0 Å². The molecule has 2 aliphatic rings. The molecule has 1 saturated heterocycles. The van der Waals surface area contributed by atoms with Gasteiger partial charge in [-0.1, -0.05) is 0 Å². The molecule has 0 spiro atoms. The molecule has 0 radical (unpaired) electrons. The highest BCUT2D eigenvalue weighted by Crippen LogP contribution is 2.33. The van der Waals surface area contributed by atoms with Gasteiger partial charge < -0.3 is 18.9 Å². The first-order valence-electron chi connectivity index (χ1n) is 10.9. The number of ether oxygens (including phenoxy) is 4. The summed E-state index contributed by atoms with van der Waals surface area (Å²) in [6.45, 7) is 1.66. The van der Waals surface area contributed by atoms with Gasteiger partial charge in [-0.2, -0.15) is 4.31 Å². The predicted molar refractivity (Wildman–Crippen MR) is 116 cm³/mol. The molecule has 2 aliphatic heterocycles. The van der Waals surface area contributed by atoms with E-state index in [0.717, 1.165) is 6.42 Å². The van der Waals surface area contributed by atoms with Gasteiger partial charge in [0.2, 0.25) is 10.0 Å². The second-order valence-corrected chi connectivity index (χ2v) is 9.75. The van der Waals surface area contributed by atoms with Gasteiger partial charge in [-0.3, -0.25) is 4.79 Å². The van der Waals surface area contributed by atoms with E-state index in [2.05, 4.69) is 0 Å². The van der Waals surface area contributed by atoms with Gasteiger partial charge >= 0.3 is 5.97 Å². The number of rotatable bonds is 7. The van der Waals surface area contributed by atoms with Gasteiger partial charge in [0.1, 0.15) is 24.8 Å². The van der Waals surface area contributed by atoms with E-state index in [0.29, 0.717) is 43.3 Å². The maximum absolute atomic E-state index is 13.1. The van der Waals surface area contributed by atoms with Crippen LogP contribution in [-0.2, 0) is 19.6 Å². The van der Waals surface area contributed by atoms with Crippen molar-refractivity contribution in [1.29, 1.82) is 0 Å².